The Labute approximate surface area is 145 Å². The van der Waals surface area contributed by atoms with Crippen molar-refractivity contribution >= 4 is 22.9 Å². The van der Waals surface area contributed by atoms with Crippen LogP contribution < -0.4 is 14.8 Å². The first-order chi connectivity index (χ1) is 11.9. The number of hydrogen-bond donors (Lipinski definition) is 1. The Bertz CT molecular complexity index is 830. The van der Waals surface area contributed by atoms with Crippen LogP contribution >= 0.6 is 0 Å². The lowest BCUT2D eigenvalue weighted by Gasteiger charge is -2.11. The van der Waals surface area contributed by atoms with Gasteiger partial charge in [-0.1, -0.05) is 6.07 Å². The van der Waals surface area contributed by atoms with E-state index in [2.05, 4.69) is 5.32 Å². The average Bonchev–Trinajstić information content (AvgIpc) is 2.61. The molecule has 1 N–H and O–H groups in total. The standard InChI is InChI=1S/C18H18N2O5/c1-12(16-8-7-15(24-2)11-17(16)25-3)9-18(21)19-13-5-4-6-14(10-13)20(22)23/h4-11H,1-3H3,(H,19,21)/b12-9+. The quantitative estimate of drug-likeness (QED) is 0.491. The summed E-state index contributed by atoms with van der Waals surface area (Å²) in [5, 5.41) is 13.4. The van der Waals surface area contributed by atoms with Crippen molar-refractivity contribution in [1.82, 2.24) is 0 Å². The first kappa shape index (κ1) is 18.0. The molecule has 7 heteroatoms. The molecule has 0 aliphatic rings. The van der Waals surface area contributed by atoms with Gasteiger partial charge in [0.1, 0.15) is 11.5 Å². The summed E-state index contributed by atoms with van der Waals surface area (Å²) in [6.45, 7) is 1.78. The van der Waals surface area contributed by atoms with Crippen LogP contribution in [0.1, 0.15) is 12.5 Å². The van der Waals surface area contributed by atoms with Gasteiger partial charge in [0.15, 0.2) is 0 Å². The van der Waals surface area contributed by atoms with Crippen molar-refractivity contribution in [3.05, 3.63) is 64.2 Å². The van der Waals surface area contributed by atoms with Gasteiger partial charge in [-0.05, 0) is 30.7 Å². The third kappa shape index (κ3) is 4.57. The van der Waals surface area contributed by atoms with E-state index in [1.54, 1.807) is 38.3 Å². The molecule has 2 aromatic rings. The fraction of sp³-hybridized carbons (Fsp3) is 0.167. The minimum Gasteiger partial charge on any atom is -0.497 e. The average molecular weight is 342 g/mol. The Balaban J connectivity index is 2.20. The molecule has 0 heterocycles. The van der Waals surface area contributed by atoms with Gasteiger partial charge in [-0.25, -0.2) is 0 Å². The zero-order valence-electron chi connectivity index (χ0n) is 14.1. The van der Waals surface area contributed by atoms with Crippen LogP contribution in [0.5, 0.6) is 11.5 Å². The van der Waals surface area contributed by atoms with Crippen LogP contribution in [0.3, 0.4) is 0 Å². The van der Waals surface area contributed by atoms with E-state index in [-0.39, 0.29) is 5.69 Å². The Morgan fingerprint density at radius 2 is 1.92 bits per heavy atom. The second kappa shape index (κ2) is 7.96. The first-order valence-corrected chi connectivity index (χ1v) is 7.40. The lowest BCUT2D eigenvalue weighted by atomic mass is 10.1. The van der Waals surface area contributed by atoms with E-state index in [1.807, 2.05) is 0 Å². The van der Waals surface area contributed by atoms with Crippen molar-refractivity contribution in [1.29, 1.82) is 0 Å². The molecule has 2 aromatic carbocycles. The minimum absolute atomic E-state index is 0.0877. The lowest BCUT2D eigenvalue weighted by molar-refractivity contribution is -0.384. The normalized spacial score (nSPS) is 10.9. The summed E-state index contributed by atoms with van der Waals surface area (Å²) in [7, 11) is 3.10. The van der Waals surface area contributed by atoms with Crippen LogP contribution in [0.15, 0.2) is 48.5 Å². The number of nitrogens with one attached hydrogen (secondary N) is 1. The molecule has 0 saturated carbocycles. The van der Waals surface area contributed by atoms with Crippen molar-refractivity contribution in [2.75, 3.05) is 19.5 Å². The molecule has 0 unspecified atom stereocenters. The number of benzene rings is 2. The van der Waals surface area contributed by atoms with Crippen LogP contribution in [-0.4, -0.2) is 25.1 Å². The second-order valence-corrected chi connectivity index (χ2v) is 5.19. The number of nitro benzene ring substituents is 1. The monoisotopic (exact) mass is 342 g/mol. The van der Waals surface area contributed by atoms with E-state index < -0.39 is 10.8 Å². The summed E-state index contributed by atoms with van der Waals surface area (Å²) in [6, 6.07) is 11.1. The third-order valence-electron chi connectivity index (χ3n) is 3.51. The molecule has 1 amide bonds. The Morgan fingerprint density at radius 1 is 1.16 bits per heavy atom. The highest BCUT2D eigenvalue weighted by molar-refractivity contribution is 6.04. The lowest BCUT2D eigenvalue weighted by Crippen LogP contribution is -2.09. The molecule has 0 spiro atoms. The van der Waals surface area contributed by atoms with Crippen LogP contribution in [-0.2, 0) is 4.79 Å². The topological polar surface area (TPSA) is 90.7 Å². The molecule has 0 atom stereocenters. The van der Waals surface area contributed by atoms with E-state index in [1.165, 1.54) is 31.4 Å². The number of nitro groups is 1. The molecule has 7 nitrogen and oxygen atoms in total. The smallest absolute Gasteiger partial charge is 0.271 e. The minimum atomic E-state index is -0.515. The van der Waals surface area contributed by atoms with Gasteiger partial charge in [-0.15, -0.1) is 0 Å². The number of methoxy groups -OCH3 is 2. The summed E-state index contributed by atoms with van der Waals surface area (Å²) < 4.78 is 10.5. The zero-order chi connectivity index (χ0) is 18.4. The maximum Gasteiger partial charge on any atom is 0.271 e. The predicted octanol–water partition coefficient (Wildman–Crippen LogP) is 3.65. The molecule has 0 aromatic heterocycles. The largest absolute Gasteiger partial charge is 0.497 e. The number of rotatable bonds is 6. The van der Waals surface area contributed by atoms with Gasteiger partial charge < -0.3 is 14.8 Å². The van der Waals surface area contributed by atoms with Crippen molar-refractivity contribution in [3.63, 3.8) is 0 Å². The predicted molar refractivity (Wildman–Crippen MR) is 94.9 cm³/mol. The Morgan fingerprint density at radius 3 is 2.56 bits per heavy atom. The SMILES string of the molecule is COc1ccc(/C(C)=C/C(=O)Nc2cccc([N+](=O)[O-])c2)c(OC)c1. The number of ether oxygens (including phenoxy) is 2. The fourth-order valence-corrected chi connectivity index (χ4v) is 2.27. The molecule has 2 rings (SSSR count). The van der Waals surface area contributed by atoms with Crippen molar-refractivity contribution < 1.29 is 19.2 Å². The van der Waals surface area contributed by atoms with E-state index in [0.717, 1.165) is 5.56 Å². The molecular formula is C18H18N2O5. The molecule has 0 aliphatic heterocycles. The highest BCUT2D eigenvalue weighted by atomic mass is 16.6. The number of nitrogens with zero attached hydrogens (tertiary/aromatic N) is 1. The number of carbonyl (C=O) groups is 1. The number of hydrogen-bond acceptors (Lipinski definition) is 5. The maximum atomic E-state index is 12.2. The molecule has 0 fully saturated rings. The van der Waals surface area contributed by atoms with Gasteiger partial charge >= 0.3 is 0 Å². The number of non-ortho nitro benzene ring substituents is 1. The zero-order valence-corrected chi connectivity index (χ0v) is 14.1. The van der Waals surface area contributed by atoms with Gasteiger partial charge in [0.2, 0.25) is 5.91 Å². The summed E-state index contributed by atoms with van der Waals surface area (Å²) in [5.41, 5.74) is 1.69. The molecule has 0 bridgehead atoms. The van der Waals surface area contributed by atoms with Gasteiger partial charge in [0, 0.05) is 35.5 Å². The summed E-state index contributed by atoms with van der Waals surface area (Å²) in [6.07, 6.45) is 1.41. The second-order valence-electron chi connectivity index (χ2n) is 5.19. The highest BCUT2D eigenvalue weighted by Crippen LogP contribution is 2.30. The van der Waals surface area contributed by atoms with Gasteiger partial charge in [0.05, 0.1) is 19.1 Å². The van der Waals surface area contributed by atoms with E-state index in [0.29, 0.717) is 22.8 Å². The number of allylic oxidation sites excluding steroid dienone is 1. The van der Waals surface area contributed by atoms with Gasteiger partial charge in [-0.3, -0.25) is 14.9 Å². The Hall–Kier alpha value is -3.35. The van der Waals surface area contributed by atoms with Gasteiger partial charge in [-0.2, -0.15) is 0 Å². The van der Waals surface area contributed by atoms with Crippen LogP contribution in [0, 0.1) is 10.1 Å². The van der Waals surface area contributed by atoms with Crippen molar-refractivity contribution in [3.8, 4) is 11.5 Å². The highest BCUT2D eigenvalue weighted by Gasteiger charge is 2.10. The van der Waals surface area contributed by atoms with Crippen LogP contribution in [0.2, 0.25) is 0 Å². The van der Waals surface area contributed by atoms with Crippen molar-refractivity contribution in [2.45, 2.75) is 6.92 Å². The fourth-order valence-electron chi connectivity index (χ4n) is 2.27. The molecule has 0 aliphatic carbocycles. The van der Waals surface area contributed by atoms with Crippen LogP contribution in [0.4, 0.5) is 11.4 Å². The van der Waals surface area contributed by atoms with Crippen LogP contribution in [0.25, 0.3) is 5.57 Å². The first-order valence-electron chi connectivity index (χ1n) is 7.40. The number of amides is 1. The van der Waals surface area contributed by atoms with E-state index in [4.69, 9.17) is 9.47 Å². The Kier molecular flexibility index (Phi) is 5.73. The summed E-state index contributed by atoms with van der Waals surface area (Å²) >= 11 is 0. The number of anilines is 1. The molecule has 0 radical (unpaired) electrons. The number of carbonyl (C=O) groups excluding carboxylic acids is 1. The molecular weight excluding hydrogens is 324 g/mol. The third-order valence-corrected chi connectivity index (χ3v) is 3.51. The summed E-state index contributed by atoms with van der Waals surface area (Å²) in [5.74, 6) is 0.835. The van der Waals surface area contributed by atoms with Gasteiger partial charge in [0.25, 0.3) is 5.69 Å². The summed E-state index contributed by atoms with van der Waals surface area (Å²) in [4.78, 5) is 22.4. The molecule has 0 saturated heterocycles. The van der Waals surface area contributed by atoms with Crippen molar-refractivity contribution in [2.24, 2.45) is 0 Å². The maximum absolute atomic E-state index is 12.2. The van der Waals surface area contributed by atoms with E-state index in [9.17, 15) is 14.9 Å². The molecule has 130 valence electrons. The van der Waals surface area contributed by atoms with E-state index >= 15 is 0 Å². The molecule has 25 heavy (non-hydrogen) atoms.